The second-order valence-electron chi connectivity index (χ2n) is 8.37. The Bertz CT molecular complexity index is 922. The van der Waals surface area contributed by atoms with E-state index in [2.05, 4.69) is 39.7 Å². The molecule has 0 N–H and O–H groups in total. The Labute approximate surface area is 177 Å². The maximum Gasteiger partial charge on any atom is 0.255 e. The van der Waals surface area contributed by atoms with Crippen molar-refractivity contribution in [3.8, 4) is 0 Å². The Kier molecular flexibility index (Phi) is 5.70. The average Bonchev–Trinajstić information content (AvgIpc) is 3.14. The number of pyridine rings is 2. The molecule has 2 aliphatic heterocycles. The van der Waals surface area contributed by atoms with Gasteiger partial charge in [-0.15, -0.1) is 0 Å². The van der Waals surface area contributed by atoms with Crippen LogP contribution in [-0.4, -0.2) is 65.3 Å². The molecule has 0 aliphatic carbocycles. The van der Waals surface area contributed by atoms with Crippen LogP contribution in [0.1, 0.15) is 41.3 Å². The van der Waals surface area contributed by atoms with Gasteiger partial charge in [0.25, 0.3) is 5.91 Å². The molecular weight excluding hydrogens is 378 g/mol. The molecule has 4 rings (SSSR count). The molecule has 2 atom stereocenters. The summed E-state index contributed by atoms with van der Waals surface area (Å²) in [4.78, 5) is 39.6. The minimum Gasteiger partial charge on any atom is -0.353 e. The maximum absolute atomic E-state index is 13.0. The Morgan fingerprint density at radius 3 is 2.47 bits per heavy atom. The fraction of sp³-hybridized carbons (Fsp3) is 0.478. The van der Waals surface area contributed by atoms with E-state index in [9.17, 15) is 9.59 Å². The molecule has 2 aliphatic rings. The predicted molar refractivity (Wildman–Crippen MR) is 117 cm³/mol. The van der Waals surface area contributed by atoms with Crippen LogP contribution >= 0.6 is 0 Å². The zero-order valence-corrected chi connectivity index (χ0v) is 17.9. The normalized spacial score (nSPS) is 21.8. The van der Waals surface area contributed by atoms with Gasteiger partial charge in [-0.2, -0.15) is 0 Å². The molecule has 0 spiro atoms. The smallest absolute Gasteiger partial charge is 0.255 e. The van der Waals surface area contributed by atoms with Crippen LogP contribution < -0.4 is 9.80 Å². The third-order valence-corrected chi connectivity index (χ3v) is 6.18. The van der Waals surface area contributed by atoms with Crippen molar-refractivity contribution < 1.29 is 9.59 Å². The topological polar surface area (TPSA) is 69.6 Å². The zero-order valence-electron chi connectivity index (χ0n) is 17.9. The first-order valence-corrected chi connectivity index (χ1v) is 10.6. The molecular formula is C23H29N5O2. The minimum absolute atomic E-state index is 0.00342. The molecule has 2 saturated heterocycles. The molecule has 0 radical (unpaired) electrons. The van der Waals surface area contributed by atoms with Gasteiger partial charge in [0.2, 0.25) is 0 Å². The number of carbonyl (C=O) groups is 2. The number of aromatic nitrogens is 2. The van der Waals surface area contributed by atoms with Crippen LogP contribution in [0.15, 0.2) is 30.6 Å². The molecule has 7 heteroatoms. The minimum atomic E-state index is -0.124. The van der Waals surface area contributed by atoms with Crippen LogP contribution in [0, 0.1) is 13.8 Å². The number of hydrogen-bond donors (Lipinski definition) is 0. The fourth-order valence-electron chi connectivity index (χ4n) is 4.55. The SMILES string of the molecule is Cc1cnc(N2CCN(C(=O)c3ccc(N4C(C)CCC4C=O)nc3)CC2)c(C)c1. The quantitative estimate of drug-likeness (QED) is 0.726. The first-order chi connectivity index (χ1) is 14.5. The van der Waals surface area contributed by atoms with Crippen molar-refractivity contribution in [3.05, 3.63) is 47.3 Å². The van der Waals surface area contributed by atoms with Crippen LogP contribution in [0.2, 0.25) is 0 Å². The van der Waals surface area contributed by atoms with Gasteiger partial charge in [-0.3, -0.25) is 4.79 Å². The lowest BCUT2D eigenvalue weighted by Crippen LogP contribution is -2.49. The van der Waals surface area contributed by atoms with E-state index in [4.69, 9.17) is 0 Å². The van der Waals surface area contributed by atoms with Crippen LogP contribution in [0.4, 0.5) is 11.6 Å². The van der Waals surface area contributed by atoms with Crippen molar-refractivity contribution in [2.24, 2.45) is 0 Å². The average molecular weight is 408 g/mol. The molecule has 0 saturated carbocycles. The molecule has 0 bridgehead atoms. The largest absolute Gasteiger partial charge is 0.353 e. The molecule has 1 amide bonds. The van der Waals surface area contributed by atoms with E-state index in [1.54, 1.807) is 6.20 Å². The number of aryl methyl sites for hydroxylation is 2. The molecule has 158 valence electrons. The van der Waals surface area contributed by atoms with E-state index in [0.717, 1.165) is 49.4 Å². The zero-order chi connectivity index (χ0) is 21.3. The molecule has 2 fully saturated rings. The highest BCUT2D eigenvalue weighted by molar-refractivity contribution is 5.94. The Morgan fingerprint density at radius 1 is 1.07 bits per heavy atom. The summed E-state index contributed by atoms with van der Waals surface area (Å²) in [6.45, 7) is 9.08. The van der Waals surface area contributed by atoms with Crippen molar-refractivity contribution in [2.45, 2.75) is 45.7 Å². The van der Waals surface area contributed by atoms with E-state index in [-0.39, 0.29) is 18.0 Å². The standard InChI is InChI=1S/C23H29N5O2/c1-16-12-17(2)22(25-13-16)26-8-10-27(11-9-26)23(30)19-5-7-21(24-14-19)28-18(3)4-6-20(28)15-29/h5,7,12-15,18,20H,4,6,8-11H2,1-3H3. The second-order valence-corrected chi connectivity index (χ2v) is 8.37. The summed E-state index contributed by atoms with van der Waals surface area (Å²) in [6.07, 6.45) is 6.36. The first-order valence-electron chi connectivity index (χ1n) is 10.6. The third-order valence-electron chi connectivity index (χ3n) is 6.18. The second kappa shape index (κ2) is 8.42. The summed E-state index contributed by atoms with van der Waals surface area (Å²) in [5.41, 5.74) is 2.91. The summed E-state index contributed by atoms with van der Waals surface area (Å²) in [6, 6.07) is 5.99. The van der Waals surface area contributed by atoms with Gasteiger partial charge in [-0.25, -0.2) is 9.97 Å². The van der Waals surface area contributed by atoms with Gasteiger partial charge in [0.05, 0.1) is 11.6 Å². The molecule has 0 aromatic carbocycles. The van der Waals surface area contributed by atoms with Crippen molar-refractivity contribution in [3.63, 3.8) is 0 Å². The lowest BCUT2D eigenvalue weighted by atomic mass is 10.2. The van der Waals surface area contributed by atoms with Gasteiger partial charge < -0.3 is 19.5 Å². The highest BCUT2D eigenvalue weighted by Gasteiger charge is 2.31. The van der Waals surface area contributed by atoms with Crippen LogP contribution in [0.3, 0.4) is 0 Å². The monoisotopic (exact) mass is 407 g/mol. The Balaban J connectivity index is 1.40. The van der Waals surface area contributed by atoms with Crippen LogP contribution in [-0.2, 0) is 4.79 Å². The number of rotatable bonds is 4. The van der Waals surface area contributed by atoms with E-state index in [0.29, 0.717) is 18.7 Å². The highest BCUT2D eigenvalue weighted by atomic mass is 16.2. The molecule has 2 unspecified atom stereocenters. The van der Waals surface area contributed by atoms with Gasteiger partial charge in [0.15, 0.2) is 0 Å². The summed E-state index contributed by atoms with van der Waals surface area (Å²) < 4.78 is 0. The van der Waals surface area contributed by atoms with Gasteiger partial charge in [-0.05, 0) is 56.9 Å². The van der Waals surface area contributed by atoms with E-state index < -0.39 is 0 Å². The van der Waals surface area contributed by atoms with Crippen molar-refractivity contribution in [1.29, 1.82) is 0 Å². The van der Waals surface area contributed by atoms with Gasteiger partial charge in [-0.1, -0.05) is 6.07 Å². The molecule has 4 heterocycles. The van der Waals surface area contributed by atoms with Crippen LogP contribution in [0.5, 0.6) is 0 Å². The lowest BCUT2D eigenvalue weighted by Gasteiger charge is -2.36. The summed E-state index contributed by atoms with van der Waals surface area (Å²) >= 11 is 0. The van der Waals surface area contributed by atoms with Gasteiger partial charge in [0, 0.05) is 44.6 Å². The molecule has 2 aromatic rings. The first kappa shape index (κ1) is 20.3. The highest BCUT2D eigenvalue weighted by Crippen LogP contribution is 2.28. The maximum atomic E-state index is 13.0. The Morgan fingerprint density at radius 2 is 1.83 bits per heavy atom. The fourth-order valence-corrected chi connectivity index (χ4v) is 4.55. The number of aldehydes is 1. The lowest BCUT2D eigenvalue weighted by molar-refractivity contribution is -0.108. The number of nitrogens with zero attached hydrogens (tertiary/aromatic N) is 5. The molecule has 30 heavy (non-hydrogen) atoms. The summed E-state index contributed by atoms with van der Waals surface area (Å²) in [5, 5.41) is 0. The number of amides is 1. The number of anilines is 2. The number of carbonyl (C=O) groups excluding carboxylic acids is 2. The summed E-state index contributed by atoms with van der Waals surface area (Å²) in [7, 11) is 0. The van der Waals surface area contributed by atoms with Gasteiger partial charge >= 0.3 is 0 Å². The third kappa shape index (κ3) is 3.88. The van der Waals surface area contributed by atoms with E-state index in [1.807, 2.05) is 30.2 Å². The number of piperazine rings is 1. The van der Waals surface area contributed by atoms with Crippen molar-refractivity contribution >= 4 is 23.8 Å². The van der Waals surface area contributed by atoms with E-state index in [1.165, 1.54) is 5.56 Å². The van der Waals surface area contributed by atoms with Crippen molar-refractivity contribution in [2.75, 3.05) is 36.0 Å². The van der Waals surface area contributed by atoms with E-state index >= 15 is 0 Å². The molecule has 2 aromatic heterocycles. The van der Waals surface area contributed by atoms with Crippen molar-refractivity contribution in [1.82, 2.24) is 14.9 Å². The van der Waals surface area contributed by atoms with Crippen LogP contribution in [0.25, 0.3) is 0 Å². The Hall–Kier alpha value is -2.96. The summed E-state index contributed by atoms with van der Waals surface area (Å²) in [5.74, 6) is 1.77. The van der Waals surface area contributed by atoms with Gasteiger partial charge in [0.1, 0.15) is 17.9 Å². The number of hydrogen-bond acceptors (Lipinski definition) is 6. The molecule has 7 nitrogen and oxygen atoms in total. The predicted octanol–water partition coefficient (Wildman–Crippen LogP) is 2.61.